The first-order valence-electron chi connectivity index (χ1n) is 10.3. The molecule has 0 N–H and O–H groups in total. The molecular weight excluding hydrogens is 414 g/mol. The lowest BCUT2D eigenvalue weighted by atomic mass is 10.0. The molecule has 3 rings (SSSR count). The highest BCUT2D eigenvalue weighted by Crippen LogP contribution is 2.30. The van der Waals surface area contributed by atoms with Crippen molar-refractivity contribution in [2.45, 2.75) is 40.0 Å². The van der Waals surface area contributed by atoms with Crippen molar-refractivity contribution in [2.75, 3.05) is 32.1 Å². The lowest BCUT2D eigenvalue weighted by molar-refractivity contribution is -0.118. The van der Waals surface area contributed by atoms with Crippen molar-refractivity contribution in [3.63, 3.8) is 0 Å². The second-order valence-corrected chi connectivity index (χ2v) is 8.97. The Labute approximate surface area is 190 Å². The van der Waals surface area contributed by atoms with Gasteiger partial charge in [0.25, 0.3) is 0 Å². The molecule has 0 aliphatic heterocycles. The van der Waals surface area contributed by atoms with Crippen molar-refractivity contribution in [1.82, 2.24) is 9.88 Å². The Morgan fingerprint density at radius 3 is 2.53 bits per heavy atom. The number of carbonyl (C=O) groups excluding carboxylic acids is 1. The molecule has 0 aliphatic carbocycles. The maximum atomic E-state index is 13.3. The zero-order valence-electron chi connectivity index (χ0n) is 18.6. The van der Waals surface area contributed by atoms with Crippen LogP contribution in [0.5, 0.6) is 0 Å². The van der Waals surface area contributed by atoms with Crippen LogP contribution >= 0.6 is 23.7 Å². The molecule has 1 aromatic heterocycles. The molecule has 6 heteroatoms. The van der Waals surface area contributed by atoms with Gasteiger partial charge in [0.15, 0.2) is 5.13 Å². The molecule has 0 radical (unpaired) electrons. The largest absolute Gasteiger partial charge is 0.309 e. The van der Waals surface area contributed by atoms with Crippen LogP contribution in [0.3, 0.4) is 0 Å². The van der Waals surface area contributed by atoms with Gasteiger partial charge in [-0.3, -0.25) is 9.69 Å². The van der Waals surface area contributed by atoms with Gasteiger partial charge in [-0.1, -0.05) is 48.1 Å². The normalized spacial score (nSPS) is 11.0. The molecule has 1 amide bonds. The SMILES string of the molecule is CCc1ccc2nc(N(CCCN(C)C)C(=O)Cc3cc(C)ccc3C)sc2c1.Cl. The molecule has 0 saturated carbocycles. The molecule has 0 saturated heterocycles. The Morgan fingerprint density at radius 1 is 1.07 bits per heavy atom. The summed E-state index contributed by atoms with van der Waals surface area (Å²) in [5.74, 6) is 0.118. The summed E-state index contributed by atoms with van der Waals surface area (Å²) in [6, 6.07) is 12.7. The van der Waals surface area contributed by atoms with E-state index in [0.29, 0.717) is 13.0 Å². The molecule has 0 fully saturated rings. The number of aromatic nitrogens is 1. The molecule has 1 heterocycles. The van der Waals surface area contributed by atoms with Crippen molar-refractivity contribution >= 4 is 45.0 Å². The number of hydrogen-bond acceptors (Lipinski definition) is 4. The number of hydrogen-bond donors (Lipinski definition) is 0. The van der Waals surface area contributed by atoms with E-state index in [-0.39, 0.29) is 18.3 Å². The number of rotatable bonds is 8. The van der Waals surface area contributed by atoms with Crippen LogP contribution in [0.15, 0.2) is 36.4 Å². The maximum Gasteiger partial charge on any atom is 0.233 e. The number of amides is 1. The van der Waals surface area contributed by atoms with Gasteiger partial charge in [-0.2, -0.15) is 0 Å². The summed E-state index contributed by atoms with van der Waals surface area (Å²) in [4.78, 5) is 22.2. The summed E-state index contributed by atoms with van der Waals surface area (Å²) >= 11 is 1.62. The summed E-state index contributed by atoms with van der Waals surface area (Å²) in [6.07, 6.45) is 2.33. The summed E-state index contributed by atoms with van der Waals surface area (Å²) in [7, 11) is 4.12. The first-order valence-corrected chi connectivity index (χ1v) is 11.1. The topological polar surface area (TPSA) is 36.4 Å². The van der Waals surface area contributed by atoms with Crippen LogP contribution in [0.2, 0.25) is 0 Å². The fourth-order valence-corrected chi connectivity index (χ4v) is 4.49. The molecule has 162 valence electrons. The van der Waals surface area contributed by atoms with Crippen molar-refractivity contribution in [1.29, 1.82) is 0 Å². The van der Waals surface area contributed by atoms with Crippen molar-refractivity contribution < 1.29 is 4.79 Å². The van der Waals surface area contributed by atoms with Crippen LogP contribution in [0, 0.1) is 13.8 Å². The Balaban J connectivity index is 0.00000320. The smallest absolute Gasteiger partial charge is 0.233 e. The number of carbonyl (C=O) groups is 1. The minimum atomic E-state index is 0. The van der Waals surface area contributed by atoms with Crippen molar-refractivity contribution in [2.24, 2.45) is 0 Å². The molecule has 0 unspecified atom stereocenters. The number of halogens is 1. The molecule has 3 aromatic rings. The minimum absolute atomic E-state index is 0. The Kier molecular flexibility index (Phi) is 8.83. The first-order chi connectivity index (χ1) is 13.9. The summed E-state index contributed by atoms with van der Waals surface area (Å²) in [6.45, 7) is 7.92. The highest BCUT2D eigenvalue weighted by molar-refractivity contribution is 7.22. The lowest BCUT2D eigenvalue weighted by Gasteiger charge is -2.21. The van der Waals surface area contributed by atoms with Gasteiger partial charge in [0.05, 0.1) is 16.6 Å². The van der Waals surface area contributed by atoms with E-state index >= 15 is 0 Å². The fraction of sp³-hybridized carbons (Fsp3) is 0.417. The van der Waals surface area contributed by atoms with E-state index in [4.69, 9.17) is 4.98 Å². The number of nitrogens with zero attached hydrogens (tertiary/aromatic N) is 3. The molecular formula is C24H32ClN3OS. The maximum absolute atomic E-state index is 13.3. The number of fused-ring (bicyclic) bond motifs is 1. The fourth-order valence-electron chi connectivity index (χ4n) is 3.41. The number of aryl methyl sites for hydroxylation is 3. The predicted molar refractivity (Wildman–Crippen MR) is 131 cm³/mol. The quantitative estimate of drug-likeness (QED) is 0.464. The second-order valence-electron chi connectivity index (χ2n) is 7.96. The zero-order valence-corrected chi connectivity index (χ0v) is 20.2. The highest BCUT2D eigenvalue weighted by atomic mass is 35.5. The van der Waals surface area contributed by atoms with E-state index in [1.54, 1.807) is 11.3 Å². The van der Waals surface area contributed by atoms with Crippen LogP contribution in [0.4, 0.5) is 5.13 Å². The third-order valence-corrected chi connectivity index (χ3v) is 6.26. The van der Waals surface area contributed by atoms with Gasteiger partial charge in [0.2, 0.25) is 5.91 Å². The molecule has 0 bridgehead atoms. The summed E-state index contributed by atoms with van der Waals surface area (Å²) in [5, 5.41) is 0.808. The van der Waals surface area contributed by atoms with Crippen molar-refractivity contribution in [3.05, 3.63) is 58.7 Å². The van der Waals surface area contributed by atoms with Gasteiger partial charge < -0.3 is 4.90 Å². The Bertz CT molecular complexity index is 999. The van der Waals surface area contributed by atoms with Gasteiger partial charge >= 0.3 is 0 Å². The third-order valence-electron chi connectivity index (χ3n) is 5.22. The predicted octanol–water partition coefficient (Wildman–Crippen LogP) is 5.42. The first kappa shape index (κ1) is 24.3. The van der Waals surface area contributed by atoms with Gasteiger partial charge in [0, 0.05) is 6.54 Å². The number of thiazole rings is 1. The van der Waals surface area contributed by atoms with E-state index in [1.807, 2.05) is 4.90 Å². The molecule has 2 aromatic carbocycles. The van der Waals surface area contributed by atoms with E-state index in [2.05, 4.69) is 76.2 Å². The minimum Gasteiger partial charge on any atom is -0.309 e. The van der Waals surface area contributed by atoms with E-state index in [1.165, 1.54) is 11.1 Å². The van der Waals surface area contributed by atoms with Crippen LogP contribution in [0.25, 0.3) is 10.2 Å². The second kappa shape index (κ2) is 10.9. The van der Waals surface area contributed by atoms with Gasteiger partial charge in [-0.25, -0.2) is 4.98 Å². The van der Waals surface area contributed by atoms with E-state index in [0.717, 1.165) is 45.9 Å². The third kappa shape index (κ3) is 6.03. The molecule has 4 nitrogen and oxygen atoms in total. The van der Waals surface area contributed by atoms with Crippen LogP contribution in [-0.4, -0.2) is 43.0 Å². The number of anilines is 1. The van der Waals surface area contributed by atoms with Crippen molar-refractivity contribution in [3.8, 4) is 0 Å². The molecule has 0 spiro atoms. The lowest BCUT2D eigenvalue weighted by Crippen LogP contribution is -2.34. The van der Waals surface area contributed by atoms with Gasteiger partial charge in [-0.15, -0.1) is 12.4 Å². The van der Waals surface area contributed by atoms with Gasteiger partial charge in [-0.05, 0) is 76.2 Å². The van der Waals surface area contributed by atoms with Crippen LogP contribution < -0.4 is 4.90 Å². The molecule has 0 atom stereocenters. The Hall–Kier alpha value is -1.95. The van der Waals surface area contributed by atoms with Crippen LogP contribution in [0.1, 0.15) is 35.6 Å². The van der Waals surface area contributed by atoms with E-state index < -0.39 is 0 Å². The highest BCUT2D eigenvalue weighted by Gasteiger charge is 2.20. The number of benzene rings is 2. The van der Waals surface area contributed by atoms with E-state index in [9.17, 15) is 4.79 Å². The monoisotopic (exact) mass is 445 g/mol. The van der Waals surface area contributed by atoms with Crippen LogP contribution in [-0.2, 0) is 17.6 Å². The average Bonchev–Trinajstić information content (AvgIpc) is 3.10. The molecule has 0 aliphatic rings. The Morgan fingerprint density at radius 2 is 1.83 bits per heavy atom. The standard InChI is InChI=1S/C24H31N3OS.ClH/c1-6-19-10-11-21-22(15-19)29-24(25-21)27(13-7-12-26(4)5)23(28)16-20-14-17(2)8-9-18(20)3;/h8-11,14-15H,6-7,12-13,16H2,1-5H3;1H. The average molecular weight is 446 g/mol. The summed E-state index contributed by atoms with van der Waals surface area (Å²) < 4.78 is 1.15. The summed E-state index contributed by atoms with van der Waals surface area (Å²) in [5.41, 5.74) is 5.72. The molecule has 30 heavy (non-hydrogen) atoms. The van der Waals surface area contributed by atoms with Gasteiger partial charge in [0.1, 0.15) is 0 Å². The zero-order chi connectivity index (χ0) is 21.0.